The summed E-state index contributed by atoms with van der Waals surface area (Å²) in [5.41, 5.74) is 8.08. The summed E-state index contributed by atoms with van der Waals surface area (Å²) in [5.74, 6) is 4.75. The Balaban J connectivity index is 0.000000490. The molecule has 0 fully saturated rings. The number of benzene rings is 2. The average Bonchev–Trinajstić information content (AvgIpc) is 3.48. The van der Waals surface area contributed by atoms with E-state index in [-0.39, 0.29) is 34.8 Å². The van der Waals surface area contributed by atoms with Crippen molar-refractivity contribution in [1.82, 2.24) is 0 Å². The third kappa shape index (κ3) is 11.3. The molecule has 0 aliphatic carbocycles. The predicted octanol–water partition coefficient (Wildman–Crippen LogP) is 2.06. The van der Waals surface area contributed by atoms with Crippen LogP contribution in [0.5, 0.6) is 0 Å². The van der Waals surface area contributed by atoms with Crippen LogP contribution in [0.15, 0.2) is 97.1 Å². The molecule has 4 rings (SSSR count). The average molecular weight is 603 g/mol. The van der Waals surface area contributed by atoms with Gasteiger partial charge in [-0.25, -0.2) is 0 Å². The van der Waals surface area contributed by atoms with Crippen molar-refractivity contribution in [3.05, 3.63) is 108 Å². The van der Waals surface area contributed by atoms with E-state index in [1.165, 1.54) is 33.4 Å². The van der Waals surface area contributed by atoms with Crippen molar-refractivity contribution in [1.29, 1.82) is 0 Å². The number of aryl methyl sites for hydroxylation is 2. The van der Waals surface area contributed by atoms with E-state index in [1.54, 1.807) is 21.6 Å². The van der Waals surface area contributed by atoms with Crippen LogP contribution in [0.4, 0.5) is 0 Å². The van der Waals surface area contributed by atoms with Gasteiger partial charge >= 0.3 is 43.1 Å². The topological polar surface area (TPSA) is 0 Å². The number of hydrogen-bond acceptors (Lipinski definition) is 0. The van der Waals surface area contributed by atoms with Crippen LogP contribution in [0.2, 0.25) is 11.5 Å². The zero-order chi connectivity index (χ0) is 21.8. The molecule has 0 unspecified atom stereocenters. The minimum absolute atomic E-state index is 0. The quantitative estimate of drug-likeness (QED) is 0.248. The molecule has 4 aromatic carbocycles. The van der Waals surface area contributed by atoms with Gasteiger partial charge in [-0.05, 0) is 12.8 Å². The first-order valence-corrected chi connectivity index (χ1v) is 22.3. The summed E-state index contributed by atoms with van der Waals surface area (Å²) in [6.45, 7) is 4.37. The van der Waals surface area contributed by atoms with Crippen molar-refractivity contribution >= 4 is 9.98 Å². The van der Waals surface area contributed by atoms with Crippen LogP contribution in [0, 0.1) is 0 Å². The van der Waals surface area contributed by atoms with Crippen molar-refractivity contribution in [3.63, 3.8) is 0 Å². The molecule has 0 radical (unpaired) electrons. The fraction of sp³-hybridized carbons (Fsp3) is 0.214. The molecule has 0 aromatic heterocycles. The predicted molar refractivity (Wildman–Crippen MR) is 131 cm³/mol. The van der Waals surface area contributed by atoms with Gasteiger partial charge in [0.2, 0.25) is 0 Å². The van der Waals surface area contributed by atoms with Crippen LogP contribution in [0.25, 0.3) is 22.3 Å². The SMILES string of the molecule is CCc1cccc(-[c-]2cccc2)c1.CCc1cccc(-[c-]2cccc2)c1.[CH3][Ge]([CH3])=[Zr+2].[Cl-].[Cl-]. The van der Waals surface area contributed by atoms with Crippen LogP contribution in [0.3, 0.4) is 0 Å². The molecule has 0 nitrogen and oxygen atoms in total. The minimum atomic E-state index is -0.243. The number of halogens is 2. The van der Waals surface area contributed by atoms with Crippen molar-refractivity contribution < 1.29 is 46.4 Å². The van der Waals surface area contributed by atoms with E-state index in [2.05, 4.69) is 122 Å². The molecular formula is C28H32Cl2GeZr-2. The molecule has 168 valence electrons. The normalized spacial score (nSPS) is 9.19. The van der Waals surface area contributed by atoms with Gasteiger partial charge in [-0.3, -0.25) is 0 Å². The van der Waals surface area contributed by atoms with Crippen molar-refractivity contribution in [2.24, 2.45) is 0 Å². The largest absolute Gasteiger partial charge is 1.00 e. The Hall–Kier alpha value is -0.854. The van der Waals surface area contributed by atoms with Gasteiger partial charge in [-0.15, -0.1) is 59.7 Å². The second kappa shape index (κ2) is 17.6. The van der Waals surface area contributed by atoms with Gasteiger partial charge in [0.25, 0.3) is 0 Å². The van der Waals surface area contributed by atoms with E-state index < -0.39 is 0 Å². The van der Waals surface area contributed by atoms with Crippen LogP contribution in [-0.2, 0) is 34.4 Å². The fourth-order valence-corrected chi connectivity index (χ4v) is 3.07. The Morgan fingerprint density at radius 1 is 0.625 bits per heavy atom. The van der Waals surface area contributed by atoms with Crippen LogP contribution >= 0.6 is 0 Å². The molecule has 0 aliphatic rings. The van der Waals surface area contributed by atoms with Gasteiger partial charge in [-0.1, -0.05) is 60.4 Å². The number of rotatable bonds is 4. The van der Waals surface area contributed by atoms with Crippen LogP contribution < -0.4 is 24.8 Å². The molecular weight excluding hydrogens is 571 g/mol. The van der Waals surface area contributed by atoms with Gasteiger partial charge < -0.3 is 24.8 Å². The maximum Gasteiger partial charge on any atom is -1.00 e. The Kier molecular flexibility index (Phi) is 17.1. The van der Waals surface area contributed by atoms with Crippen molar-refractivity contribution in [2.45, 2.75) is 38.2 Å². The van der Waals surface area contributed by atoms with E-state index in [0.717, 1.165) is 12.8 Å². The maximum absolute atomic E-state index is 2.37. The second-order valence-corrected chi connectivity index (χ2v) is 24.4. The van der Waals surface area contributed by atoms with E-state index >= 15 is 0 Å². The van der Waals surface area contributed by atoms with Crippen LogP contribution in [-0.4, -0.2) is 9.98 Å². The zero-order valence-corrected chi connectivity index (χ0v) is 25.5. The minimum Gasteiger partial charge on any atom is -1.00 e. The van der Waals surface area contributed by atoms with Gasteiger partial charge in [0.05, 0.1) is 0 Å². The molecule has 0 amide bonds. The second-order valence-electron chi connectivity index (χ2n) is 7.46. The summed E-state index contributed by atoms with van der Waals surface area (Å²) in [7, 11) is -0.243. The van der Waals surface area contributed by atoms with E-state index in [0.29, 0.717) is 0 Å². The van der Waals surface area contributed by atoms with E-state index in [1.807, 2.05) is 0 Å². The summed E-state index contributed by atoms with van der Waals surface area (Å²) in [4.78, 5) is 0. The Morgan fingerprint density at radius 2 is 0.938 bits per heavy atom. The Labute approximate surface area is 223 Å². The first kappa shape index (κ1) is 31.1. The molecule has 4 heteroatoms. The van der Waals surface area contributed by atoms with Crippen molar-refractivity contribution in [3.8, 4) is 22.3 Å². The molecule has 0 atom stereocenters. The third-order valence-electron chi connectivity index (χ3n) is 4.66. The number of hydrogen-bond donors (Lipinski definition) is 0. The fourth-order valence-electron chi connectivity index (χ4n) is 3.07. The van der Waals surface area contributed by atoms with E-state index in [4.69, 9.17) is 0 Å². The zero-order valence-electron chi connectivity index (χ0n) is 19.4. The standard InChI is InChI=1S/2C13H13.C2H6Ge.2ClH.Zr/c2*1-2-11-6-5-9-13(10-11)12-7-3-4-8-12;1-3-2;;;/h2*3-10H,2H2,1H3;1-2H3;2*1H;/q2*-1;;;;+2/p-2. The molecule has 0 spiro atoms. The summed E-state index contributed by atoms with van der Waals surface area (Å²) in [5, 5.41) is 0. The summed E-state index contributed by atoms with van der Waals surface area (Å²) in [6.07, 6.45) is 2.21. The molecule has 0 heterocycles. The summed E-state index contributed by atoms with van der Waals surface area (Å²) in [6, 6.07) is 34.3. The Bertz CT molecular complexity index is 924. The molecule has 4 aromatic rings. The van der Waals surface area contributed by atoms with E-state index in [9.17, 15) is 0 Å². The molecule has 0 saturated carbocycles. The molecule has 0 bridgehead atoms. The van der Waals surface area contributed by atoms with Gasteiger partial charge in [0.1, 0.15) is 0 Å². The summed E-state index contributed by atoms with van der Waals surface area (Å²) >= 11 is 1.80. The monoisotopic (exact) mass is 602 g/mol. The van der Waals surface area contributed by atoms with Gasteiger partial charge in [0, 0.05) is 0 Å². The van der Waals surface area contributed by atoms with Crippen LogP contribution in [0.1, 0.15) is 25.0 Å². The van der Waals surface area contributed by atoms with Gasteiger partial charge in [-0.2, -0.15) is 24.3 Å². The van der Waals surface area contributed by atoms with Gasteiger partial charge in [0.15, 0.2) is 0 Å². The first-order chi connectivity index (χ1) is 14.5. The third-order valence-corrected chi connectivity index (χ3v) is 4.66. The smallest absolute Gasteiger partial charge is 1.00 e. The summed E-state index contributed by atoms with van der Waals surface area (Å²) < 4.78 is 0. The maximum atomic E-state index is 2.37. The molecule has 0 saturated heterocycles. The molecule has 32 heavy (non-hydrogen) atoms. The first-order valence-electron chi connectivity index (χ1n) is 10.7. The molecule has 0 aliphatic heterocycles. The van der Waals surface area contributed by atoms with Crippen molar-refractivity contribution in [2.75, 3.05) is 0 Å². The Morgan fingerprint density at radius 3 is 1.22 bits per heavy atom. The molecule has 0 N–H and O–H groups in total.